The Morgan fingerprint density at radius 3 is 1.69 bits per heavy atom. The molecule has 0 aromatic heterocycles. The number of Topliss-reactive ketones (excluding diaryl/α,β-unsaturated/α-hetero) is 1. The monoisotopic (exact) mass is 428 g/mol. The number of amides is 1. The van der Waals surface area contributed by atoms with Crippen molar-refractivity contribution in [2.45, 2.75) is 62.9 Å². The van der Waals surface area contributed by atoms with Gasteiger partial charge < -0.3 is 51.9 Å². The van der Waals surface area contributed by atoms with Gasteiger partial charge in [0.1, 0.15) is 24.4 Å². The average Bonchev–Trinajstić information content (AvgIpc) is 2.63. The number of hydrogen-bond donors (Lipinski definition) is 10. The van der Waals surface area contributed by atoms with E-state index in [-0.39, 0.29) is 0 Å². The second-order valence-electron chi connectivity index (χ2n) is 6.06. The van der Waals surface area contributed by atoms with E-state index < -0.39 is 79.3 Å². The first-order valence-corrected chi connectivity index (χ1v) is 8.20. The molecule has 0 aromatic carbocycles. The highest BCUT2D eigenvalue weighted by Gasteiger charge is 2.37. The van der Waals surface area contributed by atoms with Gasteiger partial charge in [0.2, 0.25) is 11.7 Å². The van der Waals surface area contributed by atoms with E-state index in [9.17, 15) is 39.6 Å². The molecule has 14 nitrogen and oxygen atoms in total. The van der Waals surface area contributed by atoms with Crippen LogP contribution in [0, 0.1) is 0 Å². The van der Waals surface area contributed by atoms with Gasteiger partial charge in [0.25, 0.3) is 0 Å². The summed E-state index contributed by atoms with van der Waals surface area (Å²) < 4.78 is 0. The summed E-state index contributed by atoms with van der Waals surface area (Å²) in [5.41, 5.74) is 4.91. The van der Waals surface area contributed by atoms with Crippen molar-refractivity contribution in [3.63, 3.8) is 0 Å². The molecule has 170 valence electrons. The lowest BCUT2D eigenvalue weighted by atomic mass is 9.94. The van der Waals surface area contributed by atoms with Gasteiger partial charge in [-0.05, 0) is 6.92 Å². The molecule has 1 amide bonds. The maximum absolute atomic E-state index is 11.0. The van der Waals surface area contributed by atoms with Crippen molar-refractivity contribution in [2.75, 3.05) is 6.61 Å². The van der Waals surface area contributed by atoms with Crippen LogP contribution in [0.25, 0.3) is 0 Å². The first-order chi connectivity index (χ1) is 13.2. The number of nitrogens with one attached hydrogen (secondary N) is 1. The minimum absolute atomic E-state index is 0.730. The summed E-state index contributed by atoms with van der Waals surface area (Å²) in [5.74, 6) is -5.07. The fourth-order valence-electron chi connectivity index (χ4n) is 1.80. The number of rotatable bonds is 11. The van der Waals surface area contributed by atoms with Crippen LogP contribution in [-0.4, -0.2) is 114 Å². The van der Waals surface area contributed by atoms with Gasteiger partial charge in [-0.1, -0.05) is 0 Å². The highest BCUT2D eigenvalue weighted by Crippen LogP contribution is 2.11. The molecule has 0 aliphatic carbocycles. The van der Waals surface area contributed by atoms with E-state index in [0.29, 0.717) is 0 Å². The maximum Gasteiger partial charge on any atom is 0.372 e. The number of aliphatic hydroxyl groups excluding tert-OH is 6. The lowest BCUT2D eigenvalue weighted by molar-refractivity contribution is -0.151. The fraction of sp³-hybridized carbons (Fsp3) is 0.733. The third-order valence-electron chi connectivity index (χ3n) is 3.52. The van der Waals surface area contributed by atoms with Gasteiger partial charge in [0.15, 0.2) is 0 Å². The van der Waals surface area contributed by atoms with Crippen molar-refractivity contribution in [1.29, 1.82) is 0 Å². The largest absolute Gasteiger partial charge is 0.480 e. The van der Waals surface area contributed by atoms with E-state index in [2.05, 4.69) is 0 Å². The molecule has 0 aliphatic heterocycles. The van der Waals surface area contributed by atoms with Crippen molar-refractivity contribution in [3.8, 4) is 0 Å². The summed E-state index contributed by atoms with van der Waals surface area (Å²) in [6.07, 6.45) is -9.33. The topological polar surface area (TPSA) is 268 Å². The molecule has 2 unspecified atom stereocenters. The quantitative estimate of drug-likeness (QED) is 0.138. The van der Waals surface area contributed by atoms with Crippen molar-refractivity contribution in [3.05, 3.63) is 0 Å². The third kappa shape index (κ3) is 11.4. The van der Waals surface area contributed by atoms with Crippen LogP contribution in [-0.2, 0) is 19.2 Å². The minimum Gasteiger partial charge on any atom is -0.480 e. The van der Waals surface area contributed by atoms with E-state index >= 15 is 0 Å². The maximum atomic E-state index is 11.0. The number of carbonyl (C=O) groups excluding carboxylic acids is 2. The Morgan fingerprint density at radius 1 is 0.931 bits per heavy atom. The number of hydrogen-bond acceptors (Lipinski definition) is 11. The molecular weight excluding hydrogens is 400 g/mol. The zero-order valence-corrected chi connectivity index (χ0v) is 15.7. The molecule has 0 fully saturated rings. The summed E-state index contributed by atoms with van der Waals surface area (Å²) in [7, 11) is 0. The van der Waals surface area contributed by atoms with Crippen LogP contribution in [0.5, 0.6) is 0 Å². The second-order valence-corrected chi connectivity index (χ2v) is 6.06. The van der Waals surface area contributed by atoms with Gasteiger partial charge in [-0.25, -0.2) is 4.79 Å². The Bertz CT molecular complexity index is 555. The zero-order valence-electron chi connectivity index (χ0n) is 15.7. The molecule has 29 heavy (non-hydrogen) atoms. The summed E-state index contributed by atoms with van der Waals surface area (Å²) >= 11 is 0. The van der Waals surface area contributed by atoms with E-state index in [1.807, 2.05) is 5.32 Å². The van der Waals surface area contributed by atoms with Crippen LogP contribution in [0.15, 0.2) is 0 Å². The zero-order chi connectivity index (χ0) is 23.5. The molecule has 11 N–H and O–H groups in total. The van der Waals surface area contributed by atoms with Crippen LogP contribution >= 0.6 is 0 Å². The second kappa shape index (κ2) is 13.9. The van der Waals surface area contributed by atoms with Gasteiger partial charge in [-0.3, -0.25) is 14.4 Å². The molecule has 0 saturated carbocycles. The number of aliphatic hydroxyl groups is 6. The van der Waals surface area contributed by atoms with Crippen LogP contribution in [0.1, 0.15) is 20.3 Å². The SMILES string of the molecule is CC(=O)N[C@@H]([C@@H](O)[C@H](O)[C@H](O)CO)[C@@H](O)CC(=O)C(=O)O.CC(O)C(N)C(=O)O. The molecule has 14 heteroatoms. The molecule has 0 aromatic rings. The highest BCUT2D eigenvalue weighted by atomic mass is 16.4. The lowest BCUT2D eigenvalue weighted by Crippen LogP contribution is -2.57. The predicted octanol–water partition coefficient (Wildman–Crippen LogP) is -5.25. The van der Waals surface area contributed by atoms with Gasteiger partial charge in [0.05, 0.1) is 24.9 Å². The first-order valence-electron chi connectivity index (χ1n) is 8.20. The van der Waals surface area contributed by atoms with E-state index in [1.54, 1.807) is 0 Å². The van der Waals surface area contributed by atoms with Gasteiger partial charge >= 0.3 is 11.9 Å². The molecule has 0 radical (unpaired) electrons. The predicted molar refractivity (Wildman–Crippen MR) is 93.3 cm³/mol. The third-order valence-corrected chi connectivity index (χ3v) is 3.52. The van der Waals surface area contributed by atoms with E-state index in [0.717, 1.165) is 6.92 Å². The molecule has 0 bridgehead atoms. The van der Waals surface area contributed by atoms with Crippen molar-refractivity contribution < 1.29 is 60.0 Å². The Morgan fingerprint density at radius 2 is 1.41 bits per heavy atom. The number of carbonyl (C=O) groups is 4. The summed E-state index contributed by atoms with van der Waals surface area (Å²) in [6.45, 7) is 1.47. The van der Waals surface area contributed by atoms with Crippen LogP contribution in [0.3, 0.4) is 0 Å². The molecule has 0 aliphatic rings. The van der Waals surface area contributed by atoms with Gasteiger partial charge in [-0.15, -0.1) is 0 Å². The van der Waals surface area contributed by atoms with Gasteiger partial charge in [-0.2, -0.15) is 0 Å². The number of carboxylic acids is 2. The minimum atomic E-state index is -1.94. The van der Waals surface area contributed by atoms with Crippen molar-refractivity contribution >= 4 is 23.6 Å². The Kier molecular flexibility index (Phi) is 13.9. The smallest absolute Gasteiger partial charge is 0.372 e. The van der Waals surface area contributed by atoms with Gasteiger partial charge in [0, 0.05) is 13.3 Å². The highest BCUT2D eigenvalue weighted by molar-refractivity contribution is 6.32. The lowest BCUT2D eigenvalue weighted by Gasteiger charge is -2.32. The molecule has 0 heterocycles. The van der Waals surface area contributed by atoms with Crippen LogP contribution < -0.4 is 11.1 Å². The average molecular weight is 428 g/mol. The summed E-state index contributed by atoms with van der Waals surface area (Å²) in [4.78, 5) is 42.3. The Balaban J connectivity index is 0. The van der Waals surface area contributed by atoms with Crippen molar-refractivity contribution in [1.82, 2.24) is 5.32 Å². The molecule has 0 rings (SSSR count). The molecular formula is C15H28N2O12. The van der Waals surface area contributed by atoms with Crippen LogP contribution in [0.4, 0.5) is 0 Å². The first kappa shape index (κ1) is 29.0. The normalized spacial score (nSPS) is 18.0. The summed E-state index contributed by atoms with van der Waals surface area (Å²) in [6, 6.07) is -2.77. The Labute approximate surface area is 165 Å². The van der Waals surface area contributed by atoms with Crippen LogP contribution in [0.2, 0.25) is 0 Å². The van der Waals surface area contributed by atoms with E-state index in [1.165, 1.54) is 6.92 Å². The number of ketones is 1. The van der Waals surface area contributed by atoms with E-state index in [4.69, 9.17) is 26.2 Å². The van der Waals surface area contributed by atoms with Crippen molar-refractivity contribution in [2.24, 2.45) is 5.73 Å². The molecule has 0 saturated heterocycles. The molecule has 7 atom stereocenters. The summed E-state index contributed by atoms with van der Waals surface area (Å²) in [5, 5.41) is 74.0. The number of carboxylic acid groups (broad SMARTS) is 2. The molecule has 0 spiro atoms. The standard InChI is InChI=1S/C11H19NO9.C4H9NO3/c1-4(14)12-8(5(15)2-6(16)11(20)21)10(19)9(18)7(17)3-13;1-2(6)3(5)4(7)8/h5,7-10,13,15,17-19H,2-3H2,1H3,(H,12,14)(H,20,21);2-3,6H,5H2,1H3,(H,7,8)/t5-,7+,8+,9+,10+;/m0./s1. The number of nitrogens with two attached hydrogens (primary N) is 1. The number of aliphatic carboxylic acids is 2. The Hall–Kier alpha value is -2.20. The fourth-order valence-corrected chi connectivity index (χ4v) is 1.80.